The van der Waals surface area contributed by atoms with Crippen LogP contribution >= 0.6 is 31.9 Å². The van der Waals surface area contributed by atoms with Gasteiger partial charge >= 0.3 is 0 Å². The molecular formula is C14H7Br2N5. The summed E-state index contributed by atoms with van der Waals surface area (Å²) in [7, 11) is 0. The summed E-state index contributed by atoms with van der Waals surface area (Å²) < 4.78 is 3.52. The monoisotopic (exact) mass is 403 g/mol. The molecule has 0 radical (unpaired) electrons. The van der Waals surface area contributed by atoms with Crippen LogP contribution in [0.4, 0.5) is 0 Å². The van der Waals surface area contributed by atoms with E-state index in [0.29, 0.717) is 5.65 Å². The number of fused-ring (bicyclic) bond motifs is 5. The van der Waals surface area contributed by atoms with Gasteiger partial charge in [0, 0.05) is 19.7 Å². The van der Waals surface area contributed by atoms with Crippen molar-refractivity contribution >= 4 is 59.3 Å². The van der Waals surface area contributed by atoms with E-state index in [0.717, 1.165) is 30.8 Å². The normalized spacial score (nSPS) is 11.5. The van der Waals surface area contributed by atoms with Gasteiger partial charge in [0.25, 0.3) is 0 Å². The van der Waals surface area contributed by atoms with E-state index < -0.39 is 0 Å². The van der Waals surface area contributed by atoms with E-state index in [9.17, 15) is 0 Å². The second-order valence-electron chi connectivity index (χ2n) is 4.61. The molecule has 0 atom stereocenters. The molecular weight excluding hydrogens is 398 g/mol. The lowest BCUT2D eigenvalue weighted by molar-refractivity contribution is 0.831. The van der Waals surface area contributed by atoms with Gasteiger partial charge < -0.3 is 0 Å². The summed E-state index contributed by atoms with van der Waals surface area (Å²) in [5.74, 6) is 0. The molecule has 0 amide bonds. The zero-order valence-corrected chi connectivity index (χ0v) is 13.7. The van der Waals surface area contributed by atoms with Crippen molar-refractivity contribution in [2.24, 2.45) is 0 Å². The largest absolute Gasteiger partial charge is 0.282 e. The fourth-order valence-corrected chi connectivity index (χ4v) is 3.06. The molecule has 2 aromatic heterocycles. The Morgan fingerprint density at radius 1 is 0.952 bits per heavy atom. The molecule has 0 aliphatic carbocycles. The molecule has 4 rings (SSSR count). The minimum atomic E-state index is 0.223. The van der Waals surface area contributed by atoms with Crippen molar-refractivity contribution in [1.29, 1.82) is 5.41 Å². The summed E-state index contributed by atoms with van der Waals surface area (Å²) >= 11 is 6.87. The Morgan fingerprint density at radius 3 is 2.48 bits per heavy atom. The maximum absolute atomic E-state index is 8.17. The Bertz CT molecular complexity index is 1090. The van der Waals surface area contributed by atoms with Crippen LogP contribution in [0, 0.1) is 5.41 Å². The average molecular weight is 405 g/mol. The van der Waals surface area contributed by atoms with Crippen molar-refractivity contribution in [2.45, 2.75) is 0 Å². The van der Waals surface area contributed by atoms with Crippen LogP contribution in [-0.2, 0) is 0 Å². The SMILES string of the molecule is N=c1nc2c3cc(Br)ccc3nnn2c2ccc(Br)cc12. The highest BCUT2D eigenvalue weighted by Gasteiger charge is 2.09. The average Bonchev–Trinajstić information content (AvgIpc) is 2.47. The minimum Gasteiger partial charge on any atom is -0.282 e. The van der Waals surface area contributed by atoms with E-state index >= 15 is 0 Å². The minimum absolute atomic E-state index is 0.223. The zero-order valence-electron chi connectivity index (χ0n) is 10.5. The first-order valence-electron chi connectivity index (χ1n) is 6.12. The molecule has 102 valence electrons. The quantitative estimate of drug-likeness (QED) is 0.456. The fourth-order valence-electron chi connectivity index (χ4n) is 2.34. The Labute approximate surface area is 135 Å². The van der Waals surface area contributed by atoms with Crippen LogP contribution in [0.2, 0.25) is 0 Å². The highest BCUT2D eigenvalue weighted by molar-refractivity contribution is 9.10. The number of nitrogens with one attached hydrogen (secondary N) is 1. The number of hydrogen-bond donors (Lipinski definition) is 1. The molecule has 0 aliphatic rings. The standard InChI is InChI=1S/C14H7Br2N5/c15-7-1-3-11-9(5-7)14-18-13(17)10-6-8(16)2-4-12(10)21(14)20-19-11/h1-6,17H. The van der Waals surface area contributed by atoms with Crippen LogP contribution in [0.1, 0.15) is 0 Å². The van der Waals surface area contributed by atoms with Gasteiger partial charge in [-0.2, -0.15) is 4.52 Å². The summed E-state index contributed by atoms with van der Waals surface area (Å²) in [4.78, 5) is 4.40. The lowest BCUT2D eigenvalue weighted by atomic mass is 10.2. The van der Waals surface area contributed by atoms with Gasteiger partial charge in [0.05, 0.1) is 11.0 Å². The first-order chi connectivity index (χ1) is 10.1. The van der Waals surface area contributed by atoms with E-state index in [-0.39, 0.29) is 5.49 Å². The number of hydrogen-bond acceptors (Lipinski definition) is 4. The van der Waals surface area contributed by atoms with Crippen LogP contribution in [0.15, 0.2) is 45.3 Å². The molecule has 1 N–H and O–H groups in total. The van der Waals surface area contributed by atoms with Gasteiger partial charge in [0.1, 0.15) is 0 Å². The van der Waals surface area contributed by atoms with Gasteiger partial charge in [-0.05, 0) is 36.4 Å². The Balaban J connectivity index is 2.31. The Morgan fingerprint density at radius 2 is 1.67 bits per heavy atom. The van der Waals surface area contributed by atoms with Crippen molar-refractivity contribution in [3.63, 3.8) is 0 Å². The molecule has 0 unspecified atom stereocenters. The van der Waals surface area contributed by atoms with Gasteiger partial charge in [-0.1, -0.05) is 37.1 Å². The van der Waals surface area contributed by atoms with Crippen LogP contribution in [0.25, 0.3) is 27.5 Å². The highest BCUT2D eigenvalue weighted by atomic mass is 79.9. The van der Waals surface area contributed by atoms with Crippen LogP contribution < -0.4 is 5.49 Å². The summed E-state index contributed by atoms with van der Waals surface area (Å²) in [5.41, 5.74) is 2.41. The summed E-state index contributed by atoms with van der Waals surface area (Å²) in [6.45, 7) is 0. The van der Waals surface area contributed by atoms with Crippen molar-refractivity contribution in [3.8, 4) is 0 Å². The van der Waals surface area contributed by atoms with Gasteiger partial charge in [-0.25, -0.2) is 4.98 Å². The number of aromatic nitrogens is 4. The molecule has 0 aliphatic heterocycles. The smallest absolute Gasteiger partial charge is 0.167 e. The van der Waals surface area contributed by atoms with E-state index in [4.69, 9.17) is 5.41 Å². The first kappa shape index (κ1) is 12.8. The lowest BCUT2D eigenvalue weighted by Gasteiger charge is -2.07. The molecule has 5 nitrogen and oxygen atoms in total. The summed E-state index contributed by atoms with van der Waals surface area (Å²) in [6.07, 6.45) is 0. The third-order valence-electron chi connectivity index (χ3n) is 3.30. The maximum Gasteiger partial charge on any atom is 0.167 e. The van der Waals surface area contributed by atoms with Gasteiger partial charge in [-0.3, -0.25) is 5.41 Å². The molecule has 0 fully saturated rings. The molecule has 4 aromatic rings. The maximum atomic E-state index is 8.17. The van der Waals surface area contributed by atoms with Gasteiger partial charge in [0.2, 0.25) is 0 Å². The molecule has 0 bridgehead atoms. The van der Waals surface area contributed by atoms with E-state index in [2.05, 4.69) is 47.2 Å². The van der Waals surface area contributed by atoms with Gasteiger partial charge in [-0.15, -0.1) is 5.10 Å². The third kappa shape index (κ3) is 1.96. The molecule has 21 heavy (non-hydrogen) atoms. The molecule has 0 spiro atoms. The first-order valence-corrected chi connectivity index (χ1v) is 7.71. The number of rotatable bonds is 0. The van der Waals surface area contributed by atoms with E-state index in [1.807, 2.05) is 36.4 Å². The molecule has 0 saturated heterocycles. The van der Waals surface area contributed by atoms with Crippen LogP contribution in [0.3, 0.4) is 0 Å². The topological polar surface area (TPSA) is 66.9 Å². The van der Waals surface area contributed by atoms with Crippen molar-refractivity contribution in [2.75, 3.05) is 0 Å². The third-order valence-corrected chi connectivity index (χ3v) is 4.29. The fraction of sp³-hybridized carbons (Fsp3) is 0. The molecule has 7 heteroatoms. The molecule has 0 saturated carbocycles. The number of nitrogens with zero attached hydrogens (tertiary/aromatic N) is 4. The predicted molar refractivity (Wildman–Crippen MR) is 87.0 cm³/mol. The molecule has 2 heterocycles. The Hall–Kier alpha value is -1.86. The highest BCUT2D eigenvalue weighted by Crippen LogP contribution is 2.23. The van der Waals surface area contributed by atoms with E-state index in [1.165, 1.54) is 0 Å². The number of halogens is 2. The van der Waals surface area contributed by atoms with E-state index in [1.54, 1.807) is 4.52 Å². The van der Waals surface area contributed by atoms with Crippen LogP contribution in [-0.4, -0.2) is 19.8 Å². The van der Waals surface area contributed by atoms with Crippen molar-refractivity contribution < 1.29 is 0 Å². The lowest BCUT2D eigenvalue weighted by Crippen LogP contribution is -2.13. The van der Waals surface area contributed by atoms with Gasteiger partial charge in [0.15, 0.2) is 11.1 Å². The van der Waals surface area contributed by atoms with Crippen molar-refractivity contribution in [3.05, 3.63) is 50.8 Å². The summed E-state index contributed by atoms with van der Waals surface area (Å²) in [5, 5.41) is 18.2. The Kier molecular flexibility index (Phi) is 2.80. The number of benzene rings is 2. The second-order valence-corrected chi connectivity index (χ2v) is 6.44. The summed E-state index contributed by atoms with van der Waals surface area (Å²) in [6, 6.07) is 11.4. The predicted octanol–water partition coefficient (Wildman–Crippen LogP) is 3.44. The zero-order chi connectivity index (χ0) is 14.6. The van der Waals surface area contributed by atoms with Crippen LogP contribution in [0.5, 0.6) is 0 Å². The molecule has 2 aromatic carbocycles. The van der Waals surface area contributed by atoms with Crippen molar-refractivity contribution in [1.82, 2.24) is 19.8 Å². The second kappa shape index (κ2) is 4.57.